The van der Waals surface area contributed by atoms with Gasteiger partial charge in [-0.3, -0.25) is 0 Å². The first kappa shape index (κ1) is 19.2. The van der Waals surface area contributed by atoms with Crippen LogP contribution in [-0.2, 0) is 10.0 Å². The van der Waals surface area contributed by atoms with E-state index < -0.39 is 10.0 Å². The predicted molar refractivity (Wildman–Crippen MR) is 117 cm³/mol. The van der Waals surface area contributed by atoms with E-state index in [-0.39, 0.29) is 4.90 Å². The molecule has 1 aromatic heterocycles. The molecule has 0 aliphatic carbocycles. The number of hydrogen-bond acceptors (Lipinski definition) is 7. The lowest BCUT2D eigenvalue weighted by Crippen LogP contribution is -2.43. The van der Waals surface area contributed by atoms with Crippen LogP contribution in [0.1, 0.15) is 5.69 Å². The van der Waals surface area contributed by atoms with Gasteiger partial charge in [-0.25, -0.2) is 0 Å². The number of benzene rings is 2. The SMILES string of the molecule is Cc1nn(S(=O)(=O)c2ccc3c(c2)OCCN3C)c2cc(N3CCNCC3)ccc12. The Morgan fingerprint density at radius 3 is 2.67 bits per heavy atom. The lowest BCUT2D eigenvalue weighted by molar-refractivity contribution is 0.310. The second-order valence-corrected chi connectivity index (χ2v) is 9.54. The van der Waals surface area contributed by atoms with Gasteiger partial charge < -0.3 is 19.9 Å². The van der Waals surface area contributed by atoms with Crippen molar-refractivity contribution in [1.82, 2.24) is 14.5 Å². The highest BCUT2D eigenvalue weighted by molar-refractivity contribution is 7.90. The maximum Gasteiger partial charge on any atom is 0.283 e. The minimum absolute atomic E-state index is 0.175. The molecule has 2 aromatic carbocycles. The number of rotatable bonds is 3. The Balaban J connectivity index is 1.61. The van der Waals surface area contributed by atoms with Crippen LogP contribution in [0.15, 0.2) is 41.3 Å². The molecule has 1 saturated heterocycles. The molecule has 0 atom stereocenters. The molecule has 5 rings (SSSR count). The van der Waals surface area contributed by atoms with Crippen molar-refractivity contribution in [2.45, 2.75) is 11.8 Å². The summed E-state index contributed by atoms with van der Waals surface area (Å²) in [6, 6.07) is 11.0. The Kier molecular flexibility index (Phi) is 4.59. The monoisotopic (exact) mass is 427 g/mol. The number of ether oxygens (including phenoxy) is 1. The van der Waals surface area contributed by atoms with Crippen molar-refractivity contribution in [3.8, 4) is 5.75 Å². The van der Waals surface area contributed by atoms with Crippen LogP contribution in [0.2, 0.25) is 0 Å². The molecule has 0 spiro atoms. The topological polar surface area (TPSA) is 79.7 Å². The summed E-state index contributed by atoms with van der Waals surface area (Å²) in [5.74, 6) is 0.583. The second kappa shape index (κ2) is 7.17. The Morgan fingerprint density at radius 2 is 1.87 bits per heavy atom. The molecule has 2 aliphatic rings. The first-order valence-corrected chi connectivity index (χ1v) is 11.6. The Labute approximate surface area is 176 Å². The van der Waals surface area contributed by atoms with E-state index in [4.69, 9.17) is 4.74 Å². The third-order valence-electron chi connectivity index (χ3n) is 5.85. The van der Waals surface area contributed by atoms with E-state index in [1.807, 2.05) is 32.2 Å². The second-order valence-electron chi connectivity index (χ2n) is 7.77. The lowest BCUT2D eigenvalue weighted by Gasteiger charge is -2.29. The van der Waals surface area contributed by atoms with Crippen molar-refractivity contribution in [3.05, 3.63) is 42.1 Å². The molecule has 3 aromatic rings. The molecule has 1 fully saturated rings. The standard InChI is InChI=1S/C21H25N5O3S/c1-15-18-5-3-16(25-9-7-22-8-10-25)13-20(18)26(23-15)30(27,28)17-4-6-19-21(14-17)29-12-11-24(19)2/h3-6,13-14,22H,7-12H2,1-2H3. The van der Waals surface area contributed by atoms with Crippen LogP contribution in [-0.4, -0.2) is 64.0 Å². The van der Waals surface area contributed by atoms with Gasteiger partial charge in [0.2, 0.25) is 0 Å². The number of piperazine rings is 1. The minimum atomic E-state index is -3.87. The van der Waals surface area contributed by atoms with Crippen molar-refractivity contribution < 1.29 is 13.2 Å². The van der Waals surface area contributed by atoms with Gasteiger partial charge in [0.25, 0.3) is 10.0 Å². The highest BCUT2D eigenvalue weighted by Gasteiger charge is 2.26. The summed E-state index contributed by atoms with van der Waals surface area (Å²) < 4.78 is 33.9. The van der Waals surface area contributed by atoms with E-state index in [0.29, 0.717) is 23.6 Å². The number of aryl methyl sites for hydroxylation is 1. The molecule has 3 heterocycles. The average Bonchev–Trinajstić information content (AvgIpc) is 3.11. The van der Waals surface area contributed by atoms with Crippen molar-refractivity contribution in [1.29, 1.82) is 0 Å². The van der Waals surface area contributed by atoms with Gasteiger partial charge in [0, 0.05) is 50.4 Å². The summed E-state index contributed by atoms with van der Waals surface area (Å²) in [4.78, 5) is 4.49. The van der Waals surface area contributed by atoms with Gasteiger partial charge >= 0.3 is 0 Å². The van der Waals surface area contributed by atoms with Crippen molar-refractivity contribution in [2.24, 2.45) is 0 Å². The fourth-order valence-corrected chi connectivity index (χ4v) is 5.47. The van der Waals surface area contributed by atoms with Crippen LogP contribution in [0.4, 0.5) is 11.4 Å². The molecule has 9 heteroatoms. The Morgan fingerprint density at radius 1 is 1.07 bits per heavy atom. The smallest absolute Gasteiger partial charge is 0.283 e. The number of anilines is 2. The van der Waals surface area contributed by atoms with Crippen LogP contribution in [0, 0.1) is 6.92 Å². The predicted octanol–water partition coefficient (Wildman–Crippen LogP) is 1.82. The molecular weight excluding hydrogens is 402 g/mol. The molecular formula is C21H25N5O3S. The van der Waals surface area contributed by atoms with Crippen LogP contribution >= 0.6 is 0 Å². The molecule has 0 radical (unpaired) electrons. The van der Waals surface area contributed by atoms with Gasteiger partial charge in [-0.15, -0.1) is 0 Å². The molecule has 0 amide bonds. The fourth-order valence-electron chi connectivity index (χ4n) is 4.13. The molecule has 8 nitrogen and oxygen atoms in total. The van der Waals surface area contributed by atoms with E-state index in [9.17, 15) is 8.42 Å². The number of likely N-dealkylation sites (N-methyl/N-ethyl adjacent to an activating group) is 1. The van der Waals surface area contributed by atoms with Gasteiger partial charge in [-0.2, -0.15) is 17.6 Å². The summed E-state index contributed by atoms with van der Waals surface area (Å²) in [5.41, 5.74) is 3.19. The zero-order valence-corrected chi connectivity index (χ0v) is 17.9. The first-order valence-electron chi connectivity index (χ1n) is 10.1. The van der Waals surface area contributed by atoms with E-state index in [1.54, 1.807) is 18.2 Å². The van der Waals surface area contributed by atoms with Crippen molar-refractivity contribution in [3.63, 3.8) is 0 Å². The van der Waals surface area contributed by atoms with Gasteiger partial charge in [0.05, 0.1) is 28.3 Å². The molecule has 30 heavy (non-hydrogen) atoms. The summed E-state index contributed by atoms with van der Waals surface area (Å²) in [7, 11) is -1.90. The quantitative estimate of drug-likeness (QED) is 0.683. The molecule has 0 unspecified atom stereocenters. The van der Waals surface area contributed by atoms with Crippen molar-refractivity contribution >= 4 is 32.3 Å². The number of fused-ring (bicyclic) bond motifs is 2. The maximum atomic E-state index is 13.5. The van der Waals surface area contributed by atoms with E-state index in [2.05, 4.69) is 20.2 Å². The largest absolute Gasteiger partial charge is 0.490 e. The highest BCUT2D eigenvalue weighted by atomic mass is 32.2. The molecule has 2 aliphatic heterocycles. The number of aromatic nitrogens is 2. The summed E-state index contributed by atoms with van der Waals surface area (Å²) in [5, 5.41) is 8.58. The van der Waals surface area contributed by atoms with E-state index in [0.717, 1.165) is 53.6 Å². The van der Waals surface area contributed by atoms with Crippen LogP contribution in [0.5, 0.6) is 5.75 Å². The van der Waals surface area contributed by atoms with E-state index in [1.165, 1.54) is 0 Å². The third kappa shape index (κ3) is 3.09. The zero-order chi connectivity index (χ0) is 20.9. The number of nitrogens with zero attached hydrogens (tertiary/aromatic N) is 4. The van der Waals surface area contributed by atoms with Gasteiger partial charge in [0.1, 0.15) is 12.4 Å². The normalized spacial score (nSPS) is 17.1. The van der Waals surface area contributed by atoms with Gasteiger partial charge in [-0.05, 0) is 37.3 Å². The lowest BCUT2D eigenvalue weighted by atomic mass is 10.2. The maximum absolute atomic E-state index is 13.5. The van der Waals surface area contributed by atoms with Gasteiger partial charge in [-0.1, -0.05) is 0 Å². The molecule has 1 N–H and O–H groups in total. The first-order chi connectivity index (χ1) is 14.4. The average molecular weight is 428 g/mol. The van der Waals surface area contributed by atoms with E-state index >= 15 is 0 Å². The van der Waals surface area contributed by atoms with Crippen LogP contribution < -0.4 is 19.9 Å². The van der Waals surface area contributed by atoms with Crippen LogP contribution in [0.3, 0.4) is 0 Å². The fraction of sp³-hybridized carbons (Fsp3) is 0.381. The van der Waals surface area contributed by atoms with Crippen molar-refractivity contribution in [2.75, 3.05) is 56.2 Å². The Bertz CT molecular complexity index is 1210. The van der Waals surface area contributed by atoms with Crippen LogP contribution in [0.25, 0.3) is 10.9 Å². The number of nitrogens with one attached hydrogen (secondary N) is 1. The zero-order valence-electron chi connectivity index (χ0n) is 17.1. The summed E-state index contributed by atoms with van der Waals surface area (Å²) in [6.07, 6.45) is 0. The molecule has 0 saturated carbocycles. The summed E-state index contributed by atoms with van der Waals surface area (Å²) >= 11 is 0. The third-order valence-corrected chi connectivity index (χ3v) is 7.44. The van der Waals surface area contributed by atoms with Gasteiger partial charge in [0.15, 0.2) is 0 Å². The highest BCUT2D eigenvalue weighted by Crippen LogP contribution is 2.34. The summed E-state index contributed by atoms with van der Waals surface area (Å²) in [6.45, 7) is 6.75. The molecule has 0 bridgehead atoms. The molecule has 158 valence electrons. The number of hydrogen-bond donors (Lipinski definition) is 1. The minimum Gasteiger partial charge on any atom is -0.490 e. The Hall–Kier alpha value is -2.78.